The number of aliphatic hydroxyl groups is 6. The smallest absolute Gasteiger partial charge is 0.229 e. The summed E-state index contributed by atoms with van der Waals surface area (Å²) in [6.45, 7) is 6.02. The predicted molar refractivity (Wildman–Crippen MR) is 243 cm³/mol. The van der Waals surface area contributed by atoms with Crippen LogP contribution in [0.4, 0.5) is 0 Å². The molecule has 8 bridgehead atoms. The number of nitrogens with zero attached hydrogens (tertiary/aromatic N) is 2. The Hall–Kier alpha value is -4.40. The van der Waals surface area contributed by atoms with Crippen molar-refractivity contribution in [1.82, 2.24) is 19.9 Å². The number of rotatable bonds is 19. The Morgan fingerprint density at radius 3 is 1.69 bits per heavy atom. The van der Waals surface area contributed by atoms with Gasteiger partial charge >= 0.3 is 0 Å². The van der Waals surface area contributed by atoms with Gasteiger partial charge < -0.3 is 50.1 Å². The molecule has 6 unspecified atom stereocenters. The van der Waals surface area contributed by atoms with E-state index in [9.17, 15) is 30.6 Å². The van der Waals surface area contributed by atoms with Crippen molar-refractivity contribution in [2.45, 2.75) is 160 Å². The molecule has 1 fully saturated rings. The number of nitrogens with one attached hydrogen (secondary N) is 2. The van der Waals surface area contributed by atoms with Crippen LogP contribution in [0.1, 0.15) is 149 Å². The fraction of sp³-hybridized carbons (Fsp3) is 0.520. The summed E-state index contributed by atoms with van der Waals surface area (Å²) in [5.74, 6) is 0.331. The summed E-state index contributed by atoms with van der Waals surface area (Å²) < 4.78 is 11.8. The summed E-state index contributed by atoms with van der Waals surface area (Å²) >= 11 is 0. The molecule has 3 aliphatic rings. The molecule has 0 amide bonds. The molecule has 3 aromatic heterocycles. The molecule has 0 spiro atoms. The lowest BCUT2D eigenvalue weighted by atomic mass is 9.98. The van der Waals surface area contributed by atoms with E-state index in [0.29, 0.717) is 23.6 Å². The molecule has 334 valence electrons. The van der Waals surface area contributed by atoms with Crippen molar-refractivity contribution in [1.29, 1.82) is 0 Å². The first-order valence-electron chi connectivity index (χ1n) is 23.1. The number of aryl methyl sites for hydroxylation is 3. The number of hydrogen-bond acceptors (Lipinski definition) is 10. The molecular weight excluding hydrogens is 785 g/mol. The van der Waals surface area contributed by atoms with Crippen LogP contribution in [0.5, 0.6) is 5.75 Å². The molecule has 12 heteroatoms. The van der Waals surface area contributed by atoms with Crippen LogP contribution < -0.4 is 4.74 Å². The average molecular weight is 851 g/mol. The normalized spacial score (nSPS) is 22.4. The first kappa shape index (κ1) is 45.6. The Kier molecular flexibility index (Phi) is 15.7. The Balaban J connectivity index is 1.47. The Morgan fingerprint density at radius 2 is 1.11 bits per heavy atom. The van der Waals surface area contributed by atoms with Gasteiger partial charge in [-0.15, -0.1) is 0 Å². The van der Waals surface area contributed by atoms with Gasteiger partial charge in [0, 0.05) is 33.2 Å². The monoisotopic (exact) mass is 850 g/mol. The topological polar surface area (TPSA) is 197 Å². The fourth-order valence-electron chi connectivity index (χ4n) is 9.04. The van der Waals surface area contributed by atoms with E-state index in [1.165, 1.54) is 0 Å². The number of unbranched alkanes of at least 4 members (excludes halogenated alkanes) is 9. The zero-order valence-corrected chi connectivity index (χ0v) is 36.5. The number of ether oxygens (including phenoxy) is 2. The van der Waals surface area contributed by atoms with Gasteiger partial charge in [-0.05, 0) is 104 Å². The van der Waals surface area contributed by atoms with E-state index in [0.717, 1.165) is 151 Å². The highest BCUT2D eigenvalue weighted by Crippen LogP contribution is 2.40. The molecule has 4 aromatic rings. The molecule has 0 radical (unpaired) electrons. The first-order chi connectivity index (χ1) is 30.2. The van der Waals surface area contributed by atoms with Crippen molar-refractivity contribution < 1.29 is 40.1 Å². The highest BCUT2D eigenvalue weighted by Gasteiger charge is 2.44. The summed E-state index contributed by atoms with van der Waals surface area (Å²) in [5.41, 5.74) is 10.4. The highest BCUT2D eigenvalue weighted by atomic mass is 16.7. The number of H-pyrrole nitrogens is 2. The van der Waals surface area contributed by atoms with E-state index < -0.39 is 49.5 Å². The van der Waals surface area contributed by atoms with Crippen LogP contribution in [0.25, 0.3) is 45.3 Å². The number of hydrogen-bond donors (Lipinski definition) is 8. The van der Waals surface area contributed by atoms with Crippen molar-refractivity contribution in [3.8, 4) is 16.9 Å². The van der Waals surface area contributed by atoms with Crippen molar-refractivity contribution >= 4 is 34.2 Å². The molecular formula is C50H66N4O8. The maximum atomic E-state index is 11.9. The van der Waals surface area contributed by atoms with Gasteiger partial charge in [0.15, 0.2) is 0 Å². The Labute approximate surface area is 364 Å². The molecule has 62 heavy (non-hydrogen) atoms. The second-order valence-electron chi connectivity index (χ2n) is 17.1. The van der Waals surface area contributed by atoms with Crippen LogP contribution in [-0.4, -0.2) is 87.9 Å². The van der Waals surface area contributed by atoms with Crippen LogP contribution in [-0.2, 0) is 24.0 Å². The standard InChI is InChI=1S/C50H66N4O8/c1-4-7-10-13-19-32-35-22-23-37(51-35)33(20-14-11-8-5-2)43-46(57)47(58)44(54-43)34(21-15-12-9-6-3)38-25-27-40(53-38)42(39-26-24-36(32)52-39)30-17-16-18-31(28-30)61-50-49(60)48(59)45(56)41(29-55)62-50/h16-18,22-28,41,45-51,53,55-60H,4-15,19-21,29H2,1-3H3/t41?,45?,46-,47?,48?,49?,50?/m0/s1. The predicted octanol–water partition coefficient (Wildman–Crippen LogP) is 8.47. The van der Waals surface area contributed by atoms with Crippen molar-refractivity contribution in [3.63, 3.8) is 0 Å². The molecule has 7 atom stereocenters. The Morgan fingerprint density at radius 1 is 0.581 bits per heavy atom. The second kappa shape index (κ2) is 21.3. The maximum Gasteiger partial charge on any atom is 0.229 e. The van der Waals surface area contributed by atoms with Crippen LogP contribution >= 0.6 is 0 Å². The SMILES string of the molecule is CCCCCCc1c2nc(c(-c3cccc(OC4OC(CO)C(O)C(O)C4O)c3)c3ccc([nH]3)c(CCCCCC)c3nc(c(CCCCCC)c4ccc1[nH]4)[C@H](O)C3O)C=C2. The molecule has 8 N–H and O–H groups in total. The molecule has 6 heterocycles. The highest BCUT2D eigenvalue weighted by molar-refractivity contribution is 5.92. The molecule has 3 aliphatic heterocycles. The van der Waals surface area contributed by atoms with Gasteiger partial charge in [0.25, 0.3) is 0 Å². The minimum Gasteiger partial charge on any atom is -0.462 e. The molecule has 1 saturated heterocycles. The van der Waals surface area contributed by atoms with Gasteiger partial charge in [-0.25, -0.2) is 4.98 Å². The van der Waals surface area contributed by atoms with Gasteiger partial charge in [0.1, 0.15) is 42.4 Å². The second-order valence-corrected chi connectivity index (χ2v) is 17.1. The Bertz CT molecular complexity index is 2320. The minimum atomic E-state index is -1.58. The number of aliphatic hydroxyl groups excluding tert-OH is 6. The van der Waals surface area contributed by atoms with E-state index in [2.05, 4.69) is 48.9 Å². The minimum absolute atomic E-state index is 0.331. The quantitative estimate of drug-likeness (QED) is 0.0373. The molecule has 0 aliphatic carbocycles. The lowest BCUT2D eigenvalue weighted by Gasteiger charge is -2.39. The van der Waals surface area contributed by atoms with Gasteiger partial charge in [-0.3, -0.25) is 4.98 Å². The van der Waals surface area contributed by atoms with Crippen LogP contribution in [0.2, 0.25) is 0 Å². The van der Waals surface area contributed by atoms with Crippen molar-refractivity contribution in [3.05, 3.63) is 88.0 Å². The van der Waals surface area contributed by atoms with E-state index in [1.807, 2.05) is 36.4 Å². The van der Waals surface area contributed by atoms with Crippen molar-refractivity contribution in [2.24, 2.45) is 0 Å². The third-order valence-corrected chi connectivity index (χ3v) is 12.6. The summed E-state index contributed by atoms with van der Waals surface area (Å²) in [6, 6.07) is 15.5. The number of aromatic amines is 2. The number of fused-ring (bicyclic) bond motifs is 8. The lowest BCUT2D eigenvalue weighted by molar-refractivity contribution is -0.277. The number of benzene rings is 1. The van der Waals surface area contributed by atoms with Crippen LogP contribution in [0.3, 0.4) is 0 Å². The molecule has 0 saturated carbocycles. The zero-order valence-electron chi connectivity index (χ0n) is 36.5. The van der Waals surface area contributed by atoms with Crippen LogP contribution in [0, 0.1) is 0 Å². The third kappa shape index (κ3) is 10.0. The summed E-state index contributed by atoms with van der Waals surface area (Å²) in [7, 11) is 0. The largest absolute Gasteiger partial charge is 0.462 e. The van der Waals surface area contributed by atoms with E-state index >= 15 is 0 Å². The third-order valence-electron chi connectivity index (χ3n) is 12.6. The van der Waals surface area contributed by atoms with Crippen LogP contribution in [0.15, 0.2) is 48.5 Å². The summed E-state index contributed by atoms with van der Waals surface area (Å²) in [5, 5.41) is 65.2. The lowest BCUT2D eigenvalue weighted by Crippen LogP contribution is -2.60. The fourth-order valence-corrected chi connectivity index (χ4v) is 9.04. The van der Waals surface area contributed by atoms with Crippen molar-refractivity contribution in [2.75, 3.05) is 6.61 Å². The molecule has 7 rings (SSSR count). The first-order valence-corrected chi connectivity index (χ1v) is 23.1. The van der Waals surface area contributed by atoms with E-state index in [-0.39, 0.29) is 0 Å². The van der Waals surface area contributed by atoms with Gasteiger partial charge in [0.05, 0.1) is 29.4 Å². The molecule has 1 aromatic carbocycles. The van der Waals surface area contributed by atoms with Gasteiger partial charge in [0.2, 0.25) is 6.29 Å². The van der Waals surface area contributed by atoms with E-state index in [4.69, 9.17) is 19.4 Å². The summed E-state index contributed by atoms with van der Waals surface area (Å²) in [6.07, 6.45) is 9.47. The maximum absolute atomic E-state index is 11.9. The zero-order chi connectivity index (χ0) is 43.8. The van der Waals surface area contributed by atoms with E-state index in [1.54, 1.807) is 6.07 Å². The summed E-state index contributed by atoms with van der Waals surface area (Å²) in [4.78, 5) is 18.0. The number of aromatic nitrogens is 4. The molecule has 12 nitrogen and oxygen atoms in total. The average Bonchev–Trinajstić information content (AvgIpc) is 4.11. The van der Waals surface area contributed by atoms with Gasteiger partial charge in [-0.1, -0.05) is 90.7 Å². The van der Waals surface area contributed by atoms with Gasteiger partial charge in [-0.2, -0.15) is 0 Å².